The highest BCUT2D eigenvalue weighted by atomic mass is 16.5. The molecule has 0 saturated heterocycles. The van der Waals surface area contributed by atoms with Gasteiger partial charge in [-0.05, 0) is 32.6 Å². The van der Waals surface area contributed by atoms with Gasteiger partial charge in [-0.25, -0.2) is 4.79 Å². The van der Waals surface area contributed by atoms with Crippen LogP contribution in [0.15, 0.2) is 10.6 Å². The molecule has 1 heterocycles. The Morgan fingerprint density at radius 3 is 2.82 bits per heavy atom. The third kappa shape index (κ3) is 3.30. The molecule has 17 heavy (non-hydrogen) atoms. The molecule has 0 radical (unpaired) electrons. The van der Waals surface area contributed by atoms with E-state index in [-0.39, 0.29) is 5.69 Å². The minimum Gasteiger partial charge on any atom is -0.476 e. The van der Waals surface area contributed by atoms with Crippen LogP contribution in [0.4, 0.5) is 0 Å². The largest absolute Gasteiger partial charge is 0.476 e. The highest BCUT2D eigenvalue weighted by molar-refractivity contribution is 5.85. The summed E-state index contributed by atoms with van der Waals surface area (Å²) < 4.78 is 5.04. The molecule has 1 saturated carbocycles. The Hall–Kier alpha value is -1.36. The van der Waals surface area contributed by atoms with E-state index in [0.29, 0.717) is 18.3 Å². The first kappa shape index (κ1) is 12.1. The molecule has 0 bridgehead atoms. The Kier molecular flexibility index (Phi) is 3.47. The lowest BCUT2D eigenvalue weighted by molar-refractivity contribution is 0.0685. The van der Waals surface area contributed by atoms with Gasteiger partial charge in [0.1, 0.15) is 0 Å². The lowest BCUT2D eigenvalue weighted by atomic mass is 10.2. The fraction of sp³-hybridized carbons (Fsp3) is 0.667. The number of rotatable bonds is 6. The van der Waals surface area contributed by atoms with Gasteiger partial charge in [0.05, 0.1) is 6.54 Å². The number of nitrogens with zero attached hydrogens (tertiary/aromatic N) is 2. The molecule has 2 rings (SSSR count). The number of hydrogen-bond donors (Lipinski definition) is 1. The molecule has 1 fully saturated rings. The second-order valence-electron chi connectivity index (χ2n) is 4.95. The number of carboxylic acids is 1. The van der Waals surface area contributed by atoms with Crippen molar-refractivity contribution in [1.29, 1.82) is 0 Å². The van der Waals surface area contributed by atoms with Crippen LogP contribution in [0, 0.1) is 5.92 Å². The number of carboxylic acid groups (broad SMARTS) is 1. The van der Waals surface area contributed by atoms with Crippen LogP contribution in [0.3, 0.4) is 0 Å². The number of aromatic nitrogens is 1. The third-order valence-electron chi connectivity index (χ3n) is 3.06. The second kappa shape index (κ2) is 4.87. The van der Waals surface area contributed by atoms with E-state index in [9.17, 15) is 4.79 Å². The van der Waals surface area contributed by atoms with Crippen molar-refractivity contribution in [1.82, 2.24) is 10.1 Å². The minimum atomic E-state index is -1.04. The van der Waals surface area contributed by atoms with Crippen LogP contribution >= 0.6 is 0 Å². The molecule has 1 N–H and O–H groups in total. The van der Waals surface area contributed by atoms with E-state index in [0.717, 1.165) is 12.5 Å². The molecule has 0 amide bonds. The van der Waals surface area contributed by atoms with Gasteiger partial charge in [0.15, 0.2) is 11.5 Å². The highest BCUT2D eigenvalue weighted by Gasteiger charge is 2.26. The summed E-state index contributed by atoms with van der Waals surface area (Å²) in [6.45, 7) is 5.96. The van der Waals surface area contributed by atoms with Crippen molar-refractivity contribution in [2.45, 2.75) is 39.3 Å². The molecule has 0 aliphatic heterocycles. The Morgan fingerprint density at radius 2 is 2.35 bits per heavy atom. The Morgan fingerprint density at radius 1 is 1.65 bits per heavy atom. The zero-order chi connectivity index (χ0) is 12.4. The van der Waals surface area contributed by atoms with Crippen LogP contribution < -0.4 is 0 Å². The Labute approximate surface area is 100 Å². The molecule has 1 aliphatic carbocycles. The monoisotopic (exact) mass is 238 g/mol. The molecule has 0 spiro atoms. The molecular weight excluding hydrogens is 220 g/mol. The van der Waals surface area contributed by atoms with Gasteiger partial charge in [0, 0.05) is 18.7 Å². The van der Waals surface area contributed by atoms with Crippen LogP contribution in [-0.2, 0) is 6.54 Å². The van der Waals surface area contributed by atoms with E-state index in [4.69, 9.17) is 9.63 Å². The summed E-state index contributed by atoms with van der Waals surface area (Å²) in [5, 5.41) is 12.3. The molecule has 5 nitrogen and oxygen atoms in total. The van der Waals surface area contributed by atoms with Crippen LogP contribution in [0.5, 0.6) is 0 Å². The van der Waals surface area contributed by atoms with Crippen LogP contribution in [0.25, 0.3) is 0 Å². The predicted molar refractivity (Wildman–Crippen MR) is 61.7 cm³/mol. The smallest absolute Gasteiger partial charge is 0.358 e. The fourth-order valence-electron chi connectivity index (χ4n) is 1.78. The molecule has 94 valence electrons. The first-order valence-electron chi connectivity index (χ1n) is 5.99. The van der Waals surface area contributed by atoms with Gasteiger partial charge >= 0.3 is 5.97 Å². The van der Waals surface area contributed by atoms with E-state index in [1.54, 1.807) is 0 Å². The molecule has 1 aromatic heterocycles. The van der Waals surface area contributed by atoms with Crippen molar-refractivity contribution in [2.75, 3.05) is 6.54 Å². The molecule has 5 heteroatoms. The zero-order valence-electron chi connectivity index (χ0n) is 10.2. The normalized spacial score (nSPS) is 15.8. The lowest BCUT2D eigenvalue weighted by Crippen LogP contribution is -2.32. The Bertz CT molecular complexity index is 396. The zero-order valence-corrected chi connectivity index (χ0v) is 10.2. The topological polar surface area (TPSA) is 66.6 Å². The summed E-state index contributed by atoms with van der Waals surface area (Å²) in [6, 6.07) is 1.93. The van der Waals surface area contributed by atoms with Crippen LogP contribution in [0.2, 0.25) is 0 Å². The fourth-order valence-corrected chi connectivity index (χ4v) is 1.78. The first-order valence-corrected chi connectivity index (χ1v) is 5.99. The van der Waals surface area contributed by atoms with E-state index in [1.165, 1.54) is 18.9 Å². The van der Waals surface area contributed by atoms with Gasteiger partial charge in [0.2, 0.25) is 0 Å². The molecule has 1 aromatic rings. The lowest BCUT2D eigenvalue weighted by Gasteiger charge is -2.24. The summed E-state index contributed by atoms with van der Waals surface area (Å²) in [5.41, 5.74) is -0.0184. The molecular formula is C12H18N2O3. The van der Waals surface area contributed by atoms with E-state index < -0.39 is 5.97 Å². The molecule has 1 aliphatic rings. The van der Waals surface area contributed by atoms with E-state index >= 15 is 0 Å². The summed E-state index contributed by atoms with van der Waals surface area (Å²) in [7, 11) is 0. The van der Waals surface area contributed by atoms with Crippen molar-refractivity contribution < 1.29 is 14.4 Å². The number of carbonyl (C=O) groups is 1. The quantitative estimate of drug-likeness (QED) is 0.821. The summed E-state index contributed by atoms with van der Waals surface area (Å²) in [4.78, 5) is 13.0. The van der Waals surface area contributed by atoms with Crippen molar-refractivity contribution in [3.63, 3.8) is 0 Å². The molecule has 0 aromatic carbocycles. The maximum absolute atomic E-state index is 10.7. The van der Waals surface area contributed by atoms with Gasteiger partial charge in [0.25, 0.3) is 0 Å². The maximum atomic E-state index is 10.7. The van der Waals surface area contributed by atoms with Crippen LogP contribution in [0.1, 0.15) is 42.9 Å². The van der Waals surface area contributed by atoms with Crippen molar-refractivity contribution in [2.24, 2.45) is 5.92 Å². The number of aromatic carboxylic acids is 1. The standard InChI is InChI=1S/C12H18N2O3/c1-8(2)14(6-9-3-4-9)7-10-5-11(12(15)16)13-17-10/h5,8-9H,3-4,6-7H2,1-2H3,(H,15,16). The van der Waals surface area contributed by atoms with Gasteiger partial charge < -0.3 is 9.63 Å². The summed E-state index contributed by atoms with van der Waals surface area (Å²) in [6.07, 6.45) is 2.61. The van der Waals surface area contributed by atoms with Crippen molar-refractivity contribution in [3.8, 4) is 0 Å². The molecule has 0 atom stereocenters. The average Bonchev–Trinajstić information content (AvgIpc) is 2.93. The van der Waals surface area contributed by atoms with Gasteiger partial charge in [-0.2, -0.15) is 0 Å². The summed E-state index contributed by atoms with van der Waals surface area (Å²) in [5.74, 6) is 0.384. The molecule has 0 unspecified atom stereocenters. The minimum absolute atomic E-state index is 0.0184. The average molecular weight is 238 g/mol. The van der Waals surface area contributed by atoms with Gasteiger partial charge in [-0.15, -0.1) is 0 Å². The van der Waals surface area contributed by atoms with E-state index in [2.05, 4.69) is 23.9 Å². The first-order chi connectivity index (χ1) is 8.06. The SMILES string of the molecule is CC(C)N(Cc1cc(C(=O)O)no1)CC1CC1. The van der Waals surface area contributed by atoms with Crippen molar-refractivity contribution in [3.05, 3.63) is 17.5 Å². The van der Waals surface area contributed by atoms with E-state index in [1.807, 2.05) is 0 Å². The van der Waals surface area contributed by atoms with Crippen molar-refractivity contribution >= 4 is 5.97 Å². The maximum Gasteiger partial charge on any atom is 0.358 e. The second-order valence-corrected chi connectivity index (χ2v) is 4.95. The third-order valence-corrected chi connectivity index (χ3v) is 3.06. The predicted octanol–water partition coefficient (Wildman–Crippen LogP) is 1.99. The summed E-state index contributed by atoms with van der Waals surface area (Å²) >= 11 is 0. The van der Waals surface area contributed by atoms with Crippen LogP contribution in [-0.4, -0.2) is 33.7 Å². The highest BCUT2D eigenvalue weighted by Crippen LogP contribution is 2.30. The van der Waals surface area contributed by atoms with Gasteiger partial charge in [-0.1, -0.05) is 5.16 Å². The Balaban J connectivity index is 1.97. The van der Waals surface area contributed by atoms with Gasteiger partial charge in [-0.3, -0.25) is 4.90 Å². The number of hydrogen-bond acceptors (Lipinski definition) is 4.